The lowest BCUT2D eigenvalue weighted by molar-refractivity contribution is 0.415. The van der Waals surface area contributed by atoms with Crippen molar-refractivity contribution in [3.8, 4) is 17.6 Å². The zero-order chi connectivity index (χ0) is 16.8. The van der Waals surface area contributed by atoms with Gasteiger partial charge in [0.15, 0.2) is 0 Å². The Labute approximate surface area is 144 Å². The van der Waals surface area contributed by atoms with Crippen LogP contribution in [0.2, 0.25) is 0 Å². The van der Waals surface area contributed by atoms with Gasteiger partial charge in [0.05, 0.1) is 7.11 Å². The molecule has 0 saturated heterocycles. The van der Waals surface area contributed by atoms with E-state index >= 15 is 0 Å². The Morgan fingerprint density at radius 1 is 0.792 bits per heavy atom. The number of hydrogen-bond donors (Lipinski definition) is 0. The number of benzene rings is 3. The maximum Gasteiger partial charge on any atom is 0.118 e. The van der Waals surface area contributed by atoms with E-state index in [0.717, 1.165) is 23.3 Å². The first kappa shape index (κ1) is 16.1. The van der Waals surface area contributed by atoms with Crippen molar-refractivity contribution >= 4 is 10.8 Å². The van der Waals surface area contributed by atoms with E-state index in [4.69, 9.17) is 4.74 Å². The molecule has 0 aliphatic rings. The molecule has 0 saturated carbocycles. The number of methoxy groups -OCH3 is 1. The molecular weight excluding hydrogens is 292 g/mol. The number of rotatable bonds is 4. The number of aryl methyl sites for hydroxylation is 1. The molecule has 3 aromatic carbocycles. The summed E-state index contributed by atoms with van der Waals surface area (Å²) in [5.74, 6) is 7.31. The maximum atomic E-state index is 5.17. The summed E-state index contributed by atoms with van der Waals surface area (Å²) in [5.41, 5.74) is 3.45. The molecule has 0 amide bonds. The molecule has 24 heavy (non-hydrogen) atoms. The smallest absolute Gasteiger partial charge is 0.118 e. The van der Waals surface area contributed by atoms with Crippen LogP contribution < -0.4 is 4.74 Å². The summed E-state index contributed by atoms with van der Waals surface area (Å²) in [7, 11) is 1.67. The van der Waals surface area contributed by atoms with E-state index in [2.05, 4.69) is 55.2 Å². The monoisotopic (exact) mass is 314 g/mol. The minimum absolute atomic E-state index is 0.852. The van der Waals surface area contributed by atoms with Crippen molar-refractivity contribution in [2.24, 2.45) is 0 Å². The fraction of sp³-hybridized carbons (Fsp3) is 0.217. The normalized spacial score (nSPS) is 10.2. The van der Waals surface area contributed by atoms with Crippen molar-refractivity contribution in [2.45, 2.75) is 26.2 Å². The SMILES string of the molecule is CCCCc1ccc2cc(C#Cc3ccc(OC)cc3)ccc2c1. The summed E-state index contributed by atoms with van der Waals surface area (Å²) in [6, 6.07) is 21.0. The van der Waals surface area contributed by atoms with Gasteiger partial charge >= 0.3 is 0 Å². The molecule has 0 spiro atoms. The van der Waals surface area contributed by atoms with Crippen molar-refractivity contribution in [2.75, 3.05) is 7.11 Å². The average molecular weight is 314 g/mol. The van der Waals surface area contributed by atoms with Gasteiger partial charge in [0.2, 0.25) is 0 Å². The second-order valence-electron chi connectivity index (χ2n) is 5.98. The van der Waals surface area contributed by atoms with E-state index in [1.165, 1.54) is 29.2 Å². The van der Waals surface area contributed by atoms with E-state index in [1.807, 2.05) is 24.3 Å². The highest BCUT2D eigenvalue weighted by Crippen LogP contribution is 2.19. The molecule has 0 aliphatic heterocycles. The van der Waals surface area contributed by atoms with Gasteiger partial charge in [0.25, 0.3) is 0 Å². The fourth-order valence-corrected chi connectivity index (χ4v) is 2.73. The van der Waals surface area contributed by atoms with Crippen LogP contribution >= 0.6 is 0 Å². The molecule has 3 rings (SSSR count). The number of ether oxygens (including phenoxy) is 1. The molecule has 0 aliphatic carbocycles. The Bertz CT molecular complexity index is 879. The Kier molecular flexibility index (Phi) is 5.18. The van der Waals surface area contributed by atoms with Crippen molar-refractivity contribution in [1.82, 2.24) is 0 Å². The second kappa shape index (κ2) is 7.70. The van der Waals surface area contributed by atoms with E-state index in [1.54, 1.807) is 7.11 Å². The molecular formula is C23H22O. The van der Waals surface area contributed by atoms with Gasteiger partial charge in [-0.1, -0.05) is 49.5 Å². The molecule has 0 aromatic heterocycles. The first-order valence-corrected chi connectivity index (χ1v) is 8.47. The largest absolute Gasteiger partial charge is 0.497 e. The van der Waals surface area contributed by atoms with Gasteiger partial charge in [-0.05, 0) is 65.6 Å². The van der Waals surface area contributed by atoms with Crippen LogP contribution in [-0.4, -0.2) is 7.11 Å². The first-order chi connectivity index (χ1) is 11.8. The zero-order valence-corrected chi connectivity index (χ0v) is 14.3. The minimum Gasteiger partial charge on any atom is -0.497 e. The summed E-state index contributed by atoms with van der Waals surface area (Å²) < 4.78 is 5.17. The minimum atomic E-state index is 0.852. The summed E-state index contributed by atoms with van der Waals surface area (Å²) in [4.78, 5) is 0. The summed E-state index contributed by atoms with van der Waals surface area (Å²) in [5, 5.41) is 2.54. The molecule has 1 nitrogen and oxygen atoms in total. The van der Waals surface area contributed by atoms with Crippen LogP contribution in [0.3, 0.4) is 0 Å². The molecule has 3 aromatic rings. The average Bonchev–Trinajstić information content (AvgIpc) is 2.64. The summed E-state index contributed by atoms with van der Waals surface area (Å²) in [6.45, 7) is 2.23. The Balaban J connectivity index is 1.81. The molecule has 0 bridgehead atoms. The molecule has 1 heteroatoms. The van der Waals surface area contributed by atoms with Gasteiger partial charge in [0.1, 0.15) is 5.75 Å². The van der Waals surface area contributed by atoms with E-state index in [0.29, 0.717) is 0 Å². The third-order valence-electron chi connectivity index (χ3n) is 4.16. The Hall–Kier alpha value is -2.72. The van der Waals surface area contributed by atoms with Crippen molar-refractivity contribution < 1.29 is 4.74 Å². The van der Waals surface area contributed by atoms with Gasteiger partial charge in [-0.15, -0.1) is 0 Å². The molecule has 0 N–H and O–H groups in total. The highest BCUT2D eigenvalue weighted by atomic mass is 16.5. The quantitative estimate of drug-likeness (QED) is 0.570. The van der Waals surface area contributed by atoms with Gasteiger partial charge in [-0.2, -0.15) is 0 Å². The standard InChI is InChI=1S/C23H22O/c1-3-4-5-19-8-12-22-17-20(9-13-21(22)16-19)7-6-18-10-14-23(24-2)15-11-18/h8-17H,3-5H2,1-2H3. The third-order valence-corrected chi connectivity index (χ3v) is 4.16. The van der Waals surface area contributed by atoms with Gasteiger partial charge < -0.3 is 4.74 Å². The van der Waals surface area contributed by atoms with Crippen LogP contribution in [0.25, 0.3) is 10.8 Å². The maximum absolute atomic E-state index is 5.17. The van der Waals surface area contributed by atoms with Crippen LogP contribution in [0, 0.1) is 11.8 Å². The third kappa shape index (κ3) is 3.97. The van der Waals surface area contributed by atoms with Crippen molar-refractivity contribution in [1.29, 1.82) is 0 Å². The Morgan fingerprint density at radius 3 is 2.21 bits per heavy atom. The second-order valence-corrected chi connectivity index (χ2v) is 5.98. The molecule has 0 radical (unpaired) electrons. The van der Waals surface area contributed by atoms with Crippen molar-refractivity contribution in [3.05, 3.63) is 77.4 Å². The van der Waals surface area contributed by atoms with Crippen molar-refractivity contribution in [3.63, 3.8) is 0 Å². The lowest BCUT2D eigenvalue weighted by Gasteiger charge is -2.03. The van der Waals surface area contributed by atoms with E-state index in [9.17, 15) is 0 Å². The van der Waals surface area contributed by atoms with Gasteiger partial charge in [-0.25, -0.2) is 0 Å². The Morgan fingerprint density at radius 2 is 1.46 bits per heavy atom. The highest BCUT2D eigenvalue weighted by molar-refractivity contribution is 5.84. The molecule has 120 valence electrons. The number of fused-ring (bicyclic) bond motifs is 1. The van der Waals surface area contributed by atoms with E-state index < -0.39 is 0 Å². The summed E-state index contributed by atoms with van der Waals surface area (Å²) >= 11 is 0. The van der Waals surface area contributed by atoms with Crippen LogP contribution in [0.1, 0.15) is 36.5 Å². The van der Waals surface area contributed by atoms with Crippen LogP contribution in [0.4, 0.5) is 0 Å². The lowest BCUT2D eigenvalue weighted by atomic mass is 10.0. The van der Waals surface area contributed by atoms with Gasteiger partial charge in [-0.3, -0.25) is 0 Å². The predicted octanol–water partition coefficient (Wildman–Crippen LogP) is 5.59. The summed E-state index contributed by atoms with van der Waals surface area (Å²) in [6.07, 6.45) is 3.64. The predicted molar refractivity (Wildman–Crippen MR) is 102 cm³/mol. The van der Waals surface area contributed by atoms with Crippen LogP contribution in [-0.2, 0) is 6.42 Å². The number of unbranched alkanes of at least 4 members (excludes halogenated alkanes) is 1. The molecule has 0 fully saturated rings. The van der Waals surface area contributed by atoms with Crippen LogP contribution in [0.5, 0.6) is 5.75 Å². The molecule has 0 unspecified atom stereocenters. The molecule has 0 atom stereocenters. The number of hydrogen-bond acceptors (Lipinski definition) is 1. The zero-order valence-electron chi connectivity index (χ0n) is 14.3. The van der Waals surface area contributed by atoms with Gasteiger partial charge in [0, 0.05) is 11.1 Å². The lowest BCUT2D eigenvalue weighted by Crippen LogP contribution is -1.85. The first-order valence-electron chi connectivity index (χ1n) is 8.47. The topological polar surface area (TPSA) is 9.23 Å². The molecule has 0 heterocycles. The van der Waals surface area contributed by atoms with Crippen LogP contribution in [0.15, 0.2) is 60.7 Å². The van der Waals surface area contributed by atoms with E-state index in [-0.39, 0.29) is 0 Å². The highest BCUT2D eigenvalue weighted by Gasteiger charge is 1.98. The fourth-order valence-electron chi connectivity index (χ4n) is 2.73.